The number of anilines is 2. The summed E-state index contributed by atoms with van der Waals surface area (Å²) < 4.78 is 5.22. The lowest BCUT2D eigenvalue weighted by Crippen LogP contribution is -2.37. The molecule has 1 aromatic rings. The van der Waals surface area contributed by atoms with Gasteiger partial charge in [-0.1, -0.05) is 0 Å². The molecule has 1 fully saturated rings. The maximum Gasteiger partial charge on any atom is 0.227 e. The van der Waals surface area contributed by atoms with Crippen LogP contribution in [0.15, 0.2) is 12.3 Å². The number of morpholine rings is 1. The molecule has 2 N–H and O–H groups in total. The molecule has 0 spiro atoms. The Kier molecular flexibility index (Phi) is 2.27. The molecule has 0 aliphatic carbocycles. The Labute approximate surface area is 76.5 Å². The molecule has 2 rings (SSSR count). The summed E-state index contributed by atoms with van der Waals surface area (Å²) in [7, 11) is 0. The number of rotatable bonds is 1. The highest BCUT2D eigenvalue weighted by molar-refractivity contribution is 5.37. The van der Waals surface area contributed by atoms with Gasteiger partial charge in [0.05, 0.1) is 13.2 Å². The van der Waals surface area contributed by atoms with Gasteiger partial charge < -0.3 is 15.4 Å². The predicted octanol–water partition coefficient (Wildman–Crippen LogP) is -0.105. The molecule has 1 saturated heterocycles. The SMILES string of the molecule is Nc1ccnc(N2CCOCC2)n1. The molecule has 0 amide bonds. The summed E-state index contributed by atoms with van der Waals surface area (Å²) in [5.74, 6) is 1.21. The molecule has 1 aliphatic rings. The van der Waals surface area contributed by atoms with Crippen LogP contribution in [0.1, 0.15) is 0 Å². The summed E-state index contributed by atoms with van der Waals surface area (Å²) in [5.41, 5.74) is 5.56. The maximum absolute atomic E-state index is 5.56. The zero-order chi connectivity index (χ0) is 9.10. The quantitative estimate of drug-likeness (QED) is 0.653. The standard InChI is InChI=1S/C8H12N4O/c9-7-1-2-10-8(11-7)12-3-5-13-6-4-12/h1-2H,3-6H2,(H2,9,10,11). The summed E-state index contributed by atoms with van der Waals surface area (Å²) in [6.45, 7) is 3.14. The van der Waals surface area contributed by atoms with Gasteiger partial charge in [0.15, 0.2) is 0 Å². The predicted molar refractivity (Wildman–Crippen MR) is 49.5 cm³/mol. The van der Waals surface area contributed by atoms with E-state index in [1.165, 1.54) is 0 Å². The molecule has 1 aliphatic heterocycles. The third-order valence-electron chi connectivity index (χ3n) is 1.96. The summed E-state index contributed by atoms with van der Waals surface area (Å²) in [6.07, 6.45) is 1.67. The van der Waals surface area contributed by atoms with E-state index in [2.05, 4.69) is 14.9 Å². The van der Waals surface area contributed by atoms with E-state index in [1.54, 1.807) is 12.3 Å². The van der Waals surface area contributed by atoms with Gasteiger partial charge in [-0.25, -0.2) is 4.98 Å². The first-order valence-electron chi connectivity index (χ1n) is 4.27. The third kappa shape index (κ3) is 1.86. The van der Waals surface area contributed by atoms with Crippen LogP contribution in [-0.2, 0) is 4.74 Å². The van der Waals surface area contributed by atoms with Gasteiger partial charge in [0.1, 0.15) is 5.82 Å². The third-order valence-corrected chi connectivity index (χ3v) is 1.96. The van der Waals surface area contributed by atoms with Crippen LogP contribution in [0, 0.1) is 0 Å². The lowest BCUT2D eigenvalue weighted by molar-refractivity contribution is 0.122. The van der Waals surface area contributed by atoms with Crippen molar-refractivity contribution in [2.75, 3.05) is 36.9 Å². The van der Waals surface area contributed by atoms with Gasteiger partial charge in [0.25, 0.3) is 0 Å². The second-order valence-corrected chi connectivity index (χ2v) is 2.88. The highest BCUT2D eigenvalue weighted by Gasteiger charge is 2.12. The van der Waals surface area contributed by atoms with E-state index < -0.39 is 0 Å². The fraction of sp³-hybridized carbons (Fsp3) is 0.500. The van der Waals surface area contributed by atoms with Gasteiger partial charge in [0, 0.05) is 19.3 Å². The zero-order valence-electron chi connectivity index (χ0n) is 7.31. The van der Waals surface area contributed by atoms with Crippen LogP contribution in [0.5, 0.6) is 0 Å². The number of hydrogen-bond acceptors (Lipinski definition) is 5. The van der Waals surface area contributed by atoms with Crippen molar-refractivity contribution in [3.63, 3.8) is 0 Å². The number of nitrogens with two attached hydrogens (primary N) is 1. The second-order valence-electron chi connectivity index (χ2n) is 2.88. The highest BCUT2D eigenvalue weighted by atomic mass is 16.5. The summed E-state index contributed by atoms with van der Waals surface area (Å²) in [5, 5.41) is 0. The lowest BCUT2D eigenvalue weighted by atomic mass is 10.4. The molecular formula is C8H12N4O. The monoisotopic (exact) mass is 180 g/mol. The second kappa shape index (κ2) is 3.57. The number of aromatic nitrogens is 2. The molecule has 5 nitrogen and oxygen atoms in total. The molecule has 0 radical (unpaired) electrons. The van der Waals surface area contributed by atoms with E-state index in [0.717, 1.165) is 26.3 Å². The molecule has 70 valence electrons. The fourth-order valence-corrected chi connectivity index (χ4v) is 1.28. The van der Waals surface area contributed by atoms with E-state index in [9.17, 15) is 0 Å². The van der Waals surface area contributed by atoms with Crippen LogP contribution in [0.3, 0.4) is 0 Å². The minimum Gasteiger partial charge on any atom is -0.384 e. The van der Waals surface area contributed by atoms with Crippen molar-refractivity contribution < 1.29 is 4.74 Å². The van der Waals surface area contributed by atoms with Crippen molar-refractivity contribution in [1.82, 2.24) is 9.97 Å². The lowest BCUT2D eigenvalue weighted by Gasteiger charge is -2.26. The van der Waals surface area contributed by atoms with E-state index in [-0.39, 0.29) is 0 Å². The van der Waals surface area contributed by atoms with Gasteiger partial charge >= 0.3 is 0 Å². The molecule has 5 heteroatoms. The number of nitrogens with zero attached hydrogens (tertiary/aromatic N) is 3. The smallest absolute Gasteiger partial charge is 0.227 e. The maximum atomic E-state index is 5.56. The van der Waals surface area contributed by atoms with E-state index in [1.807, 2.05) is 0 Å². The first-order chi connectivity index (χ1) is 6.36. The van der Waals surface area contributed by atoms with E-state index in [0.29, 0.717) is 11.8 Å². The van der Waals surface area contributed by atoms with E-state index in [4.69, 9.17) is 10.5 Å². The first-order valence-corrected chi connectivity index (χ1v) is 4.27. The van der Waals surface area contributed by atoms with Gasteiger partial charge in [-0.15, -0.1) is 0 Å². The van der Waals surface area contributed by atoms with E-state index >= 15 is 0 Å². The zero-order valence-corrected chi connectivity index (χ0v) is 7.31. The largest absolute Gasteiger partial charge is 0.384 e. The van der Waals surface area contributed by atoms with Crippen molar-refractivity contribution in [3.05, 3.63) is 12.3 Å². The van der Waals surface area contributed by atoms with Crippen LogP contribution in [0.4, 0.5) is 11.8 Å². The Bertz CT molecular complexity index is 285. The van der Waals surface area contributed by atoms with Crippen molar-refractivity contribution in [2.24, 2.45) is 0 Å². The van der Waals surface area contributed by atoms with Crippen LogP contribution in [-0.4, -0.2) is 36.3 Å². The number of hydrogen-bond donors (Lipinski definition) is 1. The minimum atomic E-state index is 0.511. The Morgan fingerprint density at radius 1 is 1.38 bits per heavy atom. The van der Waals surface area contributed by atoms with Crippen LogP contribution < -0.4 is 10.6 Å². The van der Waals surface area contributed by atoms with Gasteiger partial charge in [0.2, 0.25) is 5.95 Å². The molecule has 0 saturated carbocycles. The average molecular weight is 180 g/mol. The molecule has 0 atom stereocenters. The molecule has 1 aromatic heterocycles. The molecule has 0 unspecified atom stereocenters. The molecule has 2 heterocycles. The Morgan fingerprint density at radius 2 is 2.15 bits per heavy atom. The molecular weight excluding hydrogens is 168 g/mol. The summed E-state index contributed by atoms with van der Waals surface area (Å²) in [4.78, 5) is 10.3. The highest BCUT2D eigenvalue weighted by Crippen LogP contribution is 2.09. The van der Waals surface area contributed by atoms with Crippen molar-refractivity contribution >= 4 is 11.8 Å². The summed E-state index contributed by atoms with van der Waals surface area (Å²) in [6, 6.07) is 1.68. The molecule has 0 aromatic carbocycles. The Hall–Kier alpha value is -1.36. The van der Waals surface area contributed by atoms with Gasteiger partial charge in [-0.3, -0.25) is 0 Å². The van der Waals surface area contributed by atoms with Gasteiger partial charge in [-0.2, -0.15) is 4.98 Å². The number of ether oxygens (including phenoxy) is 1. The Balaban J connectivity index is 2.14. The van der Waals surface area contributed by atoms with Crippen LogP contribution in [0.2, 0.25) is 0 Å². The van der Waals surface area contributed by atoms with Crippen LogP contribution in [0.25, 0.3) is 0 Å². The minimum absolute atomic E-state index is 0.511. The van der Waals surface area contributed by atoms with Gasteiger partial charge in [-0.05, 0) is 6.07 Å². The Morgan fingerprint density at radius 3 is 2.85 bits per heavy atom. The fourth-order valence-electron chi connectivity index (χ4n) is 1.28. The normalized spacial score (nSPS) is 17.4. The average Bonchev–Trinajstić information content (AvgIpc) is 2.19. The van der Waals surface area contributed by atoms with Crippen molar-refractivity contribution in [1.29, 1.82) is 0 Å². The molecule has 0 bridgehead atoms. The molecule has 13 heavy (non-hydrogen) atoms. The van der Waals surface area contributed by atoms with Crippen LogP contribution >= 0.6 is 0 Å². The number of nitrogen functional groups attached to an aromatic ring is 1. The summed E-state index contributed by atoms with van der Waals surface area (Å²) >= 11 is 0. The first kappa shape index (κ1) is 8.25. The van der Waals surface area contributed by atoms with Crippen molar-refractivity contribution in [2.45, 2.75) is 0 Å². The topological polar surface area (TPSA) is 64.3 Å². The van der Waals surface area contributed by atoms with Crippen molar-refractivity contribution in [3.8, 4) is 0 Å².